The summed E-state index contributed by atoms with van der Waals surface area (Å²) in [4.78, 5) is 36.9. The highest BCUT2D eigenvalue weighted by Gasteiger charge is 1.62. The molecule has 0 rings (SSSR count). The van der Waals surface area contributed by atoms with Crippen LogP contribution in [0.2, 0.25) is 0 Å². The van der Waals surface area contributed by atoms with Crippen LogP contribution in [-0.4, -0.2) is 23.6 Å². The third-order valence-electron chi connectivity index (χ3n) is 0. The second-order valence-electron chi connectivity index (χ2n) is 2.53. The van der Waals surface area contributed by atoms with Gasteiger partial charge in [-0.25, -0.2) is 4.79 Å². The summed E-state index contributed by atoms with van der Waals surface area (Å²) in [6, 6.07) is -0.833. The van der Waals surface area contributed by atoms with Crippen LogP contribution in [0.3, 0.4) is 0 Å². The van der Waals surface area contributed by atoms with Crippen LogP contribution in [0.1, 0.15) is 72.3 Å². The van der Waals surface area contributed by atoms with Gasteiger partial charge in [0.25, 0.3) is 0 Å². The SMILES string of the molecule is C.C.C.C.C.C.CC(C)=O.CC(N)=O.CC(N)=O.N.N.NC(N)=O. The summed E-state index contributed by atoms with van der Waals surface area (Å²) in [5.41, 5.74) is 17.4. The number of Topliss-reactive ketones (excluding diaryl/α,β-unsaturated/α-hetero) is 1. The summed E-state index contributed by atoms with van der Waals surface area (Å²) in [5.74, 6) is -0.500. The molecule has 24 heavy (non-hydrogen) atoms. The molecule has 0 aliphatic rings. The van der Waals surface area contributed by atoms with Crippen molar-refractivity contribution in [1.29, 1.82) is 0 Å². The molecular formula is C14H50N6O4. The number of ketones is 1. The van der Waals surface area contributed by atoms with Crippen LogP contribution in [0, 0.1) is 0 Å². The van der Waals surface area contributed by atoms with Crippen molar-refractivity contribution in [2.24, 2.45) is 22.9 Å². The van der Waals surface area contributed by atoms with Gasteiger partial charge < -0.3 is 40.0 Å². The first-order valence-corrected chi connectivity index (χ1v) is 3.97. The number of nitrogens with two attached hydrogens (primary N) is 4. The highest BCUT2D eigenvalue weighted by Crippen LogP contribution is 1.50. The molecule has 0 aromatic carbocycles. The second kappa shape index (κ2) is 84.9. The van der Waals surface area contributed by atoms with E-state index in [-0.39, 0.29) is 74.5 Å². The Balaban J connectivity index is -0.00000000720. The molecule has 0 heterocycles. The predicted molar refractivity (Wildman–Crippen MR) is 110 cm³/mol. The maximum Gasteiger partial charge on any atom is 0.309 e. The van der Waals surface area contributed by atoms with Crippen molar-refractivity contribution in [1.82, 2.24) is 12.3 Å². The van der Waals surface area contributed by atoms with Crippen molar-refractivity contribution in [2.75, 3.05) is 0 Å². The molecule has 0 saturated heterocycles. The average molecular weight is 367 g/mol. The minimum Gasteiger partial charge on any atom is -0.370 e. The number of carbonyl (C=O) groups is 4. The van der Waals surface area contributed by atoms with Gasteiger partial charge in [-0.05, 0) is 13.8 Å². The Morgan fingerprint density at radius 2 is 0.500 bits per heavy atom. The van der Waals surface area contributed by atoms with Gasteiger partial charge in [-0.3, -0.25) is 9.59 Å². The molecule has 0 atom stereocenters. The van der Waals surface area contributed by atoms with E-state index in [1.165, 1.54) is 27.7 Å². The molecule has 0 aliphatic heterocycles. The molecule has 0 aromatic rings. The highest BCUT2D eigenvalue weighted by atomic mass is 16.2. The van der Waals surface area contributed by atoms with E-state index in [4.69, 9.17) is 4.79 Å². The molecule has 10 nitrogen and oxygen atoms in total. The summed E-state index contributed by atoms with van der Waals surface area (Å²) in [5, 5.41) is 0. The Kier molecular flexibility index (Phi) is 347. The quantitative estimate of drug-likeness (QED) is 0.375. The molecule has 0 radical (unpaired) electrons. The van der Waals surface area contributed by atoms with E-state index >= 15 is 0 Å². The zero-order chi connectivity index (χ0) is 14.3. The summed E-state index contributed by atoms with van der Waals surface area (Å²) in [6.45, 7) is 5.67. The highest BCUT2D eigenvalue weighted by molar-refractivity contribution is 5.72. The summed E-state index contributed by atoms with van der Waals surface area (Å²) in [7, 11) is 0. The number of hydrogen-bond acceptors (Lipinski definition) is 6. The maximum absolute atomic E-state index is 9.44. The molecule has 0 saturated carbocycles. The molecule has 0 fully saturated rings. The summed E-state index contributed by atoms with van der Waals surface area (Å²) >= 11 is 0. The Hall–Kier alpha value is -2.20. The van der Waals surface area contributed by atoms with E-state index < -0.39 is 6.03 Å². The van der Waals surface area contributed by atoms with Crippen molar-refractivity contribution in [2.45, 2.75) is 72.3 Å². The lowest BCUT2D eigenvalue weighted by Gasteiger charge is -1.62. The van der Waals surface area contributed by atoms with Gasteiger partial charge in [0.1, 0.15) is 5.78 Å². The van der Waals surface area contributed by atoms with Crippen molar-refractivity contribution in [3.8, 4) is 0 Å². The molecule has 14 N–H and O–H groups in total. The van der Waals surface area contributed by atoms with E-state index in [0.29, 0.717) is 0 Å². The van der Waals surface area contributed by atoms with E-state index in [1.807, 2.05) is 0 Å². The van der Waals surface area contributed by atoms with Gasteiger partial charge in [-0.2, -0.15) is 0 Å². The summed E-state index contributed by atoms with van der Waals surface area (Å²) < 4.78 is 0. The van der Waals surface area contributed by atoms with Crippen LogP contribution in [-0.2, 0) is 14.4 Å². The number of primary amides is 4. The van der Waals surface area contributed by atoms with Crippen molar-refractivity contribution in [3.63, 3.8) is 0 Å². The van der Waals surface area contributed by atoms with Crippen molar-refractivity contribution in [3.05, 3.63) is 0 Å². The molecule has 0 aromatic heterocycles. The lowest BCUT2D eigenvalue weighted by molar-refractivity contribution is -0.116. The lowest BCUT2D eigenvalue weighted by Crippen LogP contribution is -2.18. The molecular weight excluding hydrogens is 316 g/mol. The van der Waals surface area contributed by atoms with E-state index in [9.17, 15) is 14.4 Å². The lowest BCUT2D eigenvalue weighted by atomic mass is 10.6. The molecule has 10 heteroatoms. The molecule has 0 spiro atoms. The standard InChI is InChI=1S/C3H6O.2C2H5NO.CH4N2O.6CH4.2H3N/c1-3(2)4;2*1-2(3)4;2-1(3)4;;;;;;;;/h1-2H3;2*1H3,(H2,3,4);(H4,2,3,4);6*1H4;2*1H3. The normalized spacial score (nSPS) is 4.17. The van der Waals surface area contributed by atoms with Crippen LogP contribution in [0.4, 0.5) is 4.79 Å². The molecule has 0 unspecified atom stereocenters. The minimum atomic E-state index is -0.833. The first-order valence-electron chi connectivity index (χ1n) is 3.97. The zero-order valence-electron chi connectivity index (χ0n) is 11.4. The van der Waals surface area contributed by atoms with Crippen LogP contribution in [0.25, 0.3) is 0 Å². The fourth-order valence-electron chi connectivity index (χ4n) is 0. The Morgan fingerprint density at radius 1 is 0.500 bits per heavy atom. The van der Waals surface area contributed by atoms with E-state index in [2.05, 4.69) is 22.9 Å². The number of hydrogen-bond donors (Lipinski definition) is 6. The van der Waals surface area contributed by atoms with Crippen LogP contribution in [0.5, 0.6) is 0 Å². The maximum atomic E-state index is 9.44. The van der Waals surface area contributed by atoms with E-state index in [0.717, 1.165) is 0 Å². The van der Waals surface area contributed by atoms with E-state index in [1.54, 1.807) is 0 Å². The Morgan fingerprint density at radius 3 is 0.500 bits per heavy atom. The van der Waals surface area contributed by atoms with Crippen LogP contribution >= 0.6 is 0 Å². The van der Waals surface area contributed by atoms with Crippen molar-refractivity contribution < 1.29 is 19.2 Å². The number of urea groups is 1. The third kappa shape index (κ3) is 1450. The fraction of sp³-hybridized carbons (Fsp3) is 0.714. The van der Waals surface area contributed by atoms with Gasteiger partial charge in [0.15, 0.2) is 0 Å². The second-order valence-corrected chi connectivity index (χ2v) is 2.53. The predicted octanol–water partition coefficient (Wildman–Crippen LogP) is 2.74. The monoisotopic (exact) mass is 366 g/mol. The van der Waals surface area contributed by atoms with Gasteiger partial charge >= 0.3 is 6.03 Å². The van der Waals surface area contributed by atoms with Gasteiger partial charge in [0.2, 0.25) is 11.8 Å². The Labute approximate surface area is 151 Å². The first-order chi connectivity index (χ1) is 6.93. The van der Waals surface area contributed by atoms with Gasteiger partial charge in [-0.1, -0.05) is 44.6 Å². The molecule has 0 aliphatic carbocycles. The average Bonchev–Trinajstić information content (AvgIpc) is 1.76. The zero-order valence-corrected chi connectivity index (χ0v) is 11.4. The first kappa shape index (κ1) is 98.2. The topological polar surface area (TPSA) is 242 Å². The van der Waals surface area contributed by atoms with Crippen LogP contribution < -0.4 is 35.2 Å². The molecule has 160 valence electrons. The minimum absolute atomic E-state index is 0. The number of amides is 4. The fourth-order valence-corrected chi connectivity index (χ4v) is 0. The van der Waals surface area contributed by atoms with Crippen molar-refractivity contribution >= 4 is 23.6 Å². The van der Waals surface area contributed by atoms with Gasteiger partial charge in [0.05, 0.1) is 0 Å². The van der Waals surface area contributed by atoms with Crippen LogP contribution in [0.15, 0.2) is 0 Å². The number of carbonyl (C=O) groups excluding carboxylic acids is 4. The smallest absolute Gasteiger partial charge is 0.309 e. The number of rotatable bonds is 0. The molecule has 4 amide bonds. The van der Waals surface area contributed by atoms with Gasteiger partial charge in [-0.15, -0.1) is 0 Å². The third-order valence-corrected chi connectivity index (χ3v) is 0. The molecule has 0 bridgehead atoms. The summed E-state index contributed by atoms with van der Waals surface area (Å²) in [6.07, 6.45) is 0. The van der Waals surface area contributed by atoms with Gasteiger partial charge in [0, 0.05) is 13.8 Å². The largest absolute Gasteiger partial charge is 0.370 e. The Bertz CT molecular complexity index is 173.